The maximum atomic E-state index is 10.7. The van der Waals surface area contributed by atoms with Crippen LogP contribution in [0.4, 0.5) is 0 Å². The number of aryl methyl sites for hydroxylation is 1. The Hall–Kier alpha value is -0.940. The molecule has 0 radical (unpaired) electrons. The fourth-order valence-corrected chi connectivity index (χ4v) is 3.31. The van der Waals surface area contributed by atoms with Gasteiger partial charge in [-0.05, 0) is 18.3 Å². The quantitative estimate of drug-likeness (QED) is 0.837. The van der Waals surface area contributed by atoms with E-state index in [2.05, 4.69) is 24.2 Å². The van der Waals surface area contributed by atoms with E-state index in [4.69, 9.17) is 5.73 Å². The zero-order chi connectivity index (χ0) is 13.4. The van der Waals surface area contributed by atoms with Crippen LogP contribution in [-0.2, 0) is 13.5 Å². The van der Waals surface area contributed by atoms with Crippen molar-refractivity contribution in [3.05, 3.63) is 11.9 Å². The third-order valence-electron chi connectivity index (χ3n) is 4.41. The summed E-state index contributed by atoms with van der Waals surface area (Å²) in [6.07, 6.45) is 5.36. The summed E-state index contributed by atoms with van der Waals surface area (Å²) in [5.41, 5.74) is 6.58. The third kappa shape index (κ3) is 2.29. The highest BCUT2D eigenvalue weighted by Crippen LogP contribution is 2.47. The Labute approximate surface area is 108 Å². The van der Waals surface area contributed by atoms with Crippen LogP contribution in [-0.4, -0.2) is 32.7 Å². The molecule has 1 saturated carbocycles. The summed E-state index contributed by atoms with van der Waals surface area (Å²) in [7, 11) is 1.85. The second kappa shape index (κ2) is 4.63. The molecule has 0 amide bonds. The predicted octanol–water partition coefficient (Wildman–Crippen LogP) is 0.874. The molecule has 0 bridgehead atoms. The lowest BCUT2D eigenvalue weighted by atomic mass is 9.59. The van der Waals surface area contributed by atoms with E-state index in [1.54, 1.807) is 4.68 Å². The number of aromatic nitrogens is 3. The molecule has 1 aromatic heterocycles. The summed E-state index contributed by atoms with van der Waals surface area (Å²) in [6.45, 7) is 4.74. The molecule has 0 aliphatic heterocycles. The van der Waals surface area contributed by atoms with Crippen molar-refractivity contribution in [1.29, 1.82) is 0 Å². The van der Waals surface area contributed by atoms with Gasteiger partial charge in [0.2, 0.25) is 0 Å². The summed E-state index contributed by atoms with van der Waals surface area (Å²) < 4.78 is 1.69. The predicted molar refractivity (Wildman–Crippen MR) is 69.8 cm³/mol. The monoisotopic (exact) mass is 252 g/mol. The fraction of sp³-hybridized carbons (Fsp3) is 0.846. The van der Waals surface area contributed by atoms with E-state index in [9.17, 15) is 5.11 Å². The maximum Gasteiger partial charge on any atom is 0.0834 e. The topological polar surface area (TPSA) is 77.0 Å². The highest BCUT2D eigenvalue weighted by molar-refractivity contribution is 5.06. The van der Waals surface area contributed by atoms with Crippen LogP contribution in [0, 0.1) is 10.8 Å². The van der Waals surface area contributed by atoms with Crippen molar-refractivity contribution < 1.29 is 5.11 Å². The first-order chi connectivity index (χ1) is 8.39. The van der Waals surface area contributed by atoms with E-state index in [0.29, 0.717) is 13.0 Å². The molecule has 2 rings (SSSR count). The van der Waals surface area contributed by atoms with Crippen molar-refractivity contribution in [1.82, 2.24) is 15.0 Å². The standard InChI is InChI=1S/C13H24N4O/c1-12(2)5-4-6-13(9-14,11(12)18)7-10-8-17(3)16-15-10/h8,11,18H,4-7,9,14H2,1-3H3. The van der Waals surface area contributed by atoms with E-state index in [-0.39, 0.29) is 16.9 Å². The molecular formula is C13H24N4O. The van der Waals surface area contributed by atoms with E-state index in [1.807, 2.05) is 13.2 Å². The molecular weight excluding hydrogens is 228 g/mol. The van der Waals surface area contributed by atoms with Gasteiger partial charge in [0, 0.05) is 31.6 Å². The molecule has 1 aliphatic carbocycles. The number of rotatable bonds is 3. The van der Waals surface area contributed by atoms with Crippen LogP contribution in [0.25, 0.3) is 0 Å². The van der Waals surface area contributed by atoms with Gasteiger partial charge in [-0.25, -0.2) is 0 Å². The number of hydrogen-bond donors (Lipinski definition) is 2. The smallest absolute Gasteiger partial charge is 0.0834 e. The Balaban J connectivity index is 2.24. The maximum absolute atomic E-state index is 10.7. The average molecular weight is 252 g/mol. The molecule has 1 heterocycles. The minimum absolute atomic E-state index is 0.0696. The zero-order valence-electron chi connectivity index (χ0n) is 11.6. The molecule has 18 heavy (non-hydrogen) atoms. The Morgan fingerprint density at radius 2 is 2.22 bits per heavy atom. The van der Waals surface area contributed by atoms with Crippen molar-refractivity contribution in [3.8, 4) is 0 Å². The Morgan fingerprint density at radius 1 is 1.50 bits per heavy atom. The van der Waals surface area contributed by atoms with E-state index in [0.717, 1.165) is 25.0 Å². The first kappa shape index (κ1) is 13.5. The second-order valence-electron chi connectivity index (χ2n) is 6.37. The lowest BCUT2D eigenvalue weighted by molar-refractivity contribution is -0.0888. The molecule has 5 nitrogen and oxygen atoms in total. The lowest BCUT2D eigenvalue weighted by Gasteiger charge is -2.49. The van der Waals surface area contributed by atoms with Gasteiger partial charge >= 0.3 is 0 Å². The highest BCUT2D eigenvalue weighted by Gasteiger charge is 2.48. The molecule has 102 valence electrons. The van der Waals surface area contributed by atoms with Gasteiger partial charge in [0.05, 0.1) is 11.8 Å². The van der Waals surface area contributed by atoms with E-state index in [1.165, 1.54) is 0 Å². The van der Waals surface area contributed by atoms with Gasteiger partial charge in [0.25, 0.3) is 0 Å². The molecule has 1 aliphatic rings. The summed E-state index contributed by atoms with van der Waals surface area (Å²) in [6, 6.07) is 0. The first-order valence-corrected chi connectivity index (χ1v) is 6.63. The lowest BCUT2D eigenvalue weighted by Crippen LogP contribution is -2.53. The number of nitrogens with two attached hydrogens (primary N) is 1. The van der Waals surface area contributed by atoms with E-state index >= 15 is 0 Å². The van der Waals surface area contributed by atoms with Gasteiger partial charge in [-0.2, -0.15) is 0 Å². The fourth-order valence-electron chi connectivity index (χ4n) is 3.31. The molecule has 0 spiro atoms. The van der Waals surface area contributed by atoms with Gasteiger partial charge in [-0.3, -0.25) is 4.68 Å². The first-order valence-electron chi connectivity index (χ1n) is 6.63. The molecule has 0 saturated heterocycles. The van der Waals surface area contributed by atoms with Gasteiger partial charge in [-0.1, -0.05) is 25.5 Å². The third-order valence-corrected chi connectivity index (χ3v) is 4.41. The van der Waals surface area contributed by atoms with Gasteiger partial charge in [0.1, 0.15) is 0 Å². The number of nitrogens with zero attached hydrogens (tertiary/aromatic N) is 3. The van der Waals surface area contributed by atoms with Crippen molar-refractivity contribution in [2.45, 2.75) is 45.6 Å². The summed E-state index contributed by atoms with van der Waals surface area (Å²) in [5.74, 6) is 0. The second-order valence-corrected chi connectivity index (χ2v) is 6.37. The molecule has 0 aromatic carbocycles. The summed E-state index contributed by atoms with van der Waals surface area (Å²) >= 11 is 0. The highest BCUT2D eigenvalue weighted by atomic mass is 16.3. The molecule has 1 fully saturated rings. The summed E-state index contributed by atoms with van der Waals surface area (Å²) in [5, 5.41) is 18.8. The number of aliphatic hydroxyl groups is 1. The number of hydrogen-bond acceptors (Lipinski definition) is 4. The van der Waals surface area contributed by atoms with E-state index < -0.39 is 0 Å². The van der Waals surface area contributed by atoms with Gasteiger partial charge in [0.15, 0.2) is 0 Å². The van der Waals surface area contributed by atoms with Crippen LogP contribution in [0.2, 0.25) is 0 Å². The largest absolute Gasteiger partial charge is 0.392 e. The van der Waals surface area contributed by atoms with Crippen molar-refractivity contribution in [3.63, 3.8) is 0 Å². The SMILES string of the molecule is Cn1cc(CC2(CN)CCCC(C)(C)C2O)nn1. The minimum Gasteiger partial charge on any atom is -0.392 e. The Bertz CT molecular complexity index is 415. The van der Waals surface area contributed by atoms with Gasteiger partial charge < -0.3 is 10.8 Å². The minimum atomic E-state index is -0.384. The average Bonchev–Trinajstić information content (AvgIpc) is 2.71. The number of aliphatic hydroxyl groups excluding tert-OH is 1. The van der Waals surface area contributed by atoms with Crippen LogP contribution in [0.5, 0.6) is 0 Å². The molecule has 3 N–H and O–H groups in total. The normalized spacial score (nSPS) is 31.5. The summed E-state index contributed by atoms with van der Waals surface area (Å²) in [4.78, 5) is 0. The zero-order valence-corrected chi connectivity index (χ0v) is 11.6. The van der Waals surface area contributed by atoms with Gasteiger partial charge in [-0.15, -0.1) is 5.10 Å². The molecule has 2 unspecified atom stereocenters. The van der Waals surface area contributed by atoms with Crippen LogP contribution >= 0.6 is 0 Å². The molecule has 1 aromatic rings. The van der Waals surface area contributed by atoms with Crippen LogP contribution in [0.1, 0.15) is 38.8 Å². The van der Waals surface area contributed by atoms with Crippen LogP contribution < -0.4 is 5.73 Å². The van der Waals surface area contributed by atoms with Crippen LogP contribution in [0.15, 0.2) is 6.20 Å². The van der Waals surface area contributed by atoms with Crippen molar-refractivity contribution in [2.75, 3.05) is 6.54 Å². The molecule has 2 atom stereocenters. The van der Waals surface area contributed by atoms with Crippen LogP contribution in [0.3, 0.4) is 0 Å². The molecule has 5 heteroatoms. The van der Waals surface area contributed by atoms with Crippen molar-refractivity contribution >= 4 is 0 Å². The van der Waals surface area contributed by atoms with Crippen molar-refractivity contribution in [2.24, 2.45) is 23.6 Å². The Morgan fingerprint density at radius 3 is 2.78 bits per heavy atom. The Kier molecular flexibility index (Phi) is 3.47.